The molecule has 4 rings (SSSR count). The summed E-state index contributed by atoms with van der Waals surface area (Å²) in [5.74, 6) is -2.43. The molecule has 3 aromatic rings. The van der Waals surface area contributed by atoms with Crippen LogP contribution in [0.3, 0.4) is 0 Å². The normalized spacial score (nSPS) is 15.8. The van der Waals surface area contributed by atoms with Crippen LogP contribution in [0.2, 0.25) is 0 Å². The third kappa shape index (κ3) is 8.70. The molecule has 0 bridgehead atoms. The Hall–Kier alpha value is -5.22. The van der Waals surface area contributed by atoms with Crippen molar-refractivity contribution in [1.29, 1.82) is 0 Å². The number of carbonyl (C=O) groups excluding carboxylic acids is 4. The van der Waals surface area contributed by atoms with Crippen molar-refractivity contribution < 1.29 is 29.0 Å². The lowest BCUT2D eigenvalue weighted by molar-refractivity contribution is -0.132. The fourth-order valence-electron chi connectivity index (χ4n) is 5.54. The van der Waals surface area contributed by atoms with E-state index in [4.69, 9.17) is 10.5 Å². The Kier molecular flexibility index (Phi) is 11.9. The monoisotopic (exact) mass is 624 g/mol. The number of nitrogens with two attached hydrogens (primary N) is 1. The van der Waals surface area contributed by atoms with Crippen LogP contribution in [0.1, 0.15) is 42.0 Å². The minimum atomic E-state index is -1.33. The molecule has 3 aromatic carbocycles. The van der Waals surface area contributed by atoms with Gasteiger partial charge in [-0.2, -0.15) is 0 Å². The second-order valence-electron chi connectivity index (χ2n) is 11.1. The van der Waals surface area contributed by atoms with Gasteiger partial charge in [-0.1, -0.05) is 97.1 Å². The largest absolute Gasteiger partial charge is 0.449 e. The van der Waals surface area contributed by atoms with Gasteiger partial charge < -0.3 is 31.5 Å². The van der Waals surface area contributed by atoms with Crippen LogP contribution in [-0.2, 0) is 32.0 Å². The zero-order valence-corrected chi connectivity index (χ0v) is 25.9. The van der Waals surface area contributed by atoms with Crippen molar-refractivity contribution in [2.24, 2.45) is 5.73 Å². The highest BCUT2D eigenvalue weighted by molar-refractivity contribution is 5.94. The number of benzene rings is 3. The van der Waals surface area contributed by atoms with E-state index < -0.39 is 48.5 Å². The summed E-state index contributed by atoms with van der Waals surface area (Å²) < 4.78 is 5.71. The SMILES string of the molecule is C/C=C\C1=C(C)c2ccccc2C1COC(=O)NC(Cc1ccccc1)C(=O)NC(Cc1ccccc1)C(=O)NC(CO)C(N)=O. The zero-order chi connectivity index (χ0) is 33.1. The number of amides is 4. The van der Waals surface area contributed by atoms with Crippen molar-refractivity contribution in [3.8, 4) is 0 Å². The summed E-state index contributed by atoms with van der Waals surface area (Å²) in [5.41, 5.74) is 11.2. The molecule has 0 aromatic heterocycles. The van der Waals surface area contributed by atoms with Crippen LogP contribution < -0.4 is 21.7 Å². The molecule has 10 nitrogen and oxygen atoms in total. The predicted molar refractivity (Wildman–Crippen MR) is 175 cm³/mol. The summed E-state index contributed by atoms with van der Waals surface area (Å²) in [5, 5.41) is 17.3. The van der Waals surface area contributed by atoms with E-state index in [0.29, 0.717) is 0 Å². The van der Waals surface area contributed by atoms with E-state index in [1.807, 2.05) is 86.7 Å². The summed E-state index contributed by atoms with van der Waals surface area (Å²) in [4.78, 5) is 51.9. The molecule has 0 spiro atoms. The Balaban J connectivity index is 1.52. The second-order valence-corrected chi connectivity index (χ2v) is 11.1. The lowest BCUT2D eigenvalue weighted by Crippen LogP contribution is -2.58. The van der Waals surface area contributed by atoms with Gasteiger partial charge in [0.05, 0.1) is 6.61 Å². The van der Waals surface area contributed by atoms with E-state index in [2.05, 4.69) is 16.0 Å². The summed E-state index contributed by atoms with van der Waals surface area (Å²) in [6, 6.07) is 22.5. The van der Waals surface area contributed by atoms with Crippen molar-refractivity contribution in [2.45, 2.75) is 50.7 Å². The molecule has 1 aliphatic rings. The number of allylic oxidation sites excluding steroid dienone is 3. The topological polar surface area (TPSA) is 160 Å². The number of aliphatic hydroxyl groups is 1. The van der Waals surface area contributed by atoms with Gasteiger partial charge in [0.1, 0.15) is 24.7 Å². The highest BCUT2D eigenvalue weighted by atomic mass is 16.5. The Labute approximate surface area is 268 Å². The molecule has 0 heterocycles. The highest BCUT2D eigenvalue weighted by Gasteiger charge is 2.31. The number of nitrogens with one attached hydrogen (secondary N) is 3. The summed E-state index contributed by atoms with van der Waals surface area (Å²) in [6.45, 7) is 3.34. The van der Waals surface area contributed by atoms with Crippen molar-refractivity contribution in [2.75, 3.05) is 13.2 Å². The van der Waals surface area contributed by atoms with E-state index in [1.165, 1.54) is 0 Å². The molecule has 10 heteroatoms. The quantitative estimate of drug-likeness (QED) is 0.185. The number of fused-ring (bicyclic) bond motifs is 1. The first-order chi connectivity index (χ1) is 22.2. The maximum atomic E-state index is 13.8. The number of carbonyl (C=O) groups is 4. The Morgan fingerprint density at radius 2 is 1.33 bits per heavy atom. The number of alkyl carbamates (subject to hydrolysis) is 1. The fraction of sp³-hybridized carbons (Fsp3) is 0.278. The lowest BCUT2D eigenvalue weighted by atomic mass is 9.96. The highest BCUT2D eigenvalue weighted by Crippen LogP contribution is 2.42. The predicted octanol–water partition coefficient (Wildman–Crippen LogP) is 3.16. The summed E-state index contributed by atoms with van der Waals surface area (Å²) in [6.07, 6.45) is 3.39. The van der Waals surface area contributed by atoms with Gasteiger partial charge in [0.2, 0.25) is 17.7 Å². The number of rotatable bonds is 14. The van der Waals surface area contributed by atoms with Gasteiger partial charge in [-0.15, -0.1) is 0 Å². The average Bonchev–Trinajstić information content (AvgIpc) is 3.32. The molecule has 1 aliphatic carbocycles. The number of aliphatic hydroxyl groups excluding tert-OH is 1. The first kappa shape index (κ1) is 33.7. The van der Waals surface area contributed by atoms with Gasteiger partial charge in [0.25, 0.3) is 0 Å². The zero-order valence-electron chi connectivity index (χ0n) is 25.9. The van der Waals surface area contributed by atoms with Crippen LogP contribution in [0.25, 0.3) is 5.57 Å². The molecule has 0 fully saturated rings. The molecule has 4 amide bonds. The van der Waals surface area contributed by atoms with E-state index in [-0.39, 0.29) is 25.4 Å². The summed E-state index contributed by atoms with van der Waals surface area (Å²) >= 11 is 0. The fourth-order valence-corrected chi connectivity index (χ4v) is 5.54. The van der Waals surface area contributed by atoms with Crippen molar-refractivity contribution >= 4 is 29.4 Å². The molecule has 46 heavy (non-hydrogen) atoms. The average molecular weight is 625 g/mol. The van der Waals surface area contributed by atoms with E-state index in [0.717, 1.165) is 33.4 Å². The third-order valence-corrected chi connectivity index (χ3v) is 7.93. The Bertz CT molecular complexity index is 1590. The lowest BCUT2D eigenvalue weighted by Gasteiger charge is -2.25. The van der Waals surface area contributed by atoms with Crippen LogP contribution in [0.4, 0.5) is 4.79 Å². The number of hydrogen-bond acceptors (Lipinski definition) is 6. The number of ether oxygens (including phenoxy) is 1. The van der Waals surface area contributed by atoms with Gasteiger partial charge in [-0.3, -0.25) is 14.4 Å². The Morgan fingerprint density at radius 1 is 0.804 bits per heavy atom. The van der Waals surface area contributed by atoms with E-state index in [9.17, 15) is 24.3 Å². The smallest absolute Gasteiger partial charge is 0.407 e. The van der Waals surface area contributed by atoms with Crippen molar-refractivity contribution in [3.05, 3.63) is 125 Å². The van der Waals surface area contributed by atoms with E-state index >= 15 is 0 Å². The van der Waals surface area contributed by atoms with E-state index in [1.54, 1.807) is 24.3 Å². The standard InChI is InChI=1S/C36H40N4O6/c1-3-12-26-23(2)27-17-10-11-18-28(27)29(26)22-46-36(45)40-31(20-25-15-8-5-9-16-25)35(44)38-30(19-24-13-6-4-7-14-24)34(43)39-32(21-41)33(37)42/h3-18,29-32,41H,19-22H2,1-2H3,(H2,37,42)(H,38,44)(H,39,43)(H,40,45)/b12-3-. The summed E-state index contributed by atoms with van der Waals surface area (Å²) in [7, 11) is 0. The molecule has 4 atom stereocenters. The maximum absolute atomic E-state index is 13.8. The molecule has 240 valence electrons. The second kappa shape index (κ2) is 16.2. The van der Waals surface area contributed by atoms with Gasteiger partial charge >= 0.3 is 6.09 Å². The molecule has 0 radical (unpaired) electrons. The molecular weight excluding hydrogens is 584 g/mol. The van der Waals surface area contributed by atoms with Crippen LogP contribution in [-0.4, -0.2) is 60.3 Å². The Morgan fingerprint density at radius 3 is 1.87 bits per heavy atom. The van der Waals surface area contributed by atoms with Gasteiger partial charge in [-0.05, 0) is 47.2 Å². The van der Waals surface area contributed by atoms with Crippen LogP contribution >= 0.6 is 0 Å². The molecule has 4 unspecified atom stereocenters. The minimum Gasteiger partial charge on any atom is -0.449 e. The number of primary amides is 1. The molecule has 0 saturated carbocycles. The van der Waals surface area contributed by atoms with Crippen molar-refractivity contribution in [1.82, 2.24) is 16.0 Å². The molecule has 0 aliphatic heterocycles. The van der Waals surface area contributed by atoms with Crippen molar-refractivity contribution in [3.63, 3.8) is 0 Å². The van der Waals surface area contributed by atoms with Crippen LogP contribution in [0.15, 0.2) is 103 Å². The molecule has 0 saturated heterocycles. The molecular formula is C36H40N4O6. The third-order valence-electron chi connectivity index (χ3n) is 7.93. The number of hydrogen-bond donors (Lipinski definition) is 5. The van der Waals surface area contributed by atoms with Crippen LogP contribution in [0.5, 0.6) is 0 Å². The van der Waals surface area contributed by atoms with Crippen LogP contribution in [0, 0.1) is 0 Å². The first-order valence-corrected chi connectivity index (χ1v) is 15.2. The van der Waals surface area contributed by atoms with Gasteiger partial charge in [0.15, 0.2) is 0 Å². The molecule has 6 N–H and O–H groups in total. The van der Waals surface area contributed by atoms with Gasteiger partial charge in [0, 0.05) is 18.8 Å². The maximum Gasteiger partial charge on any atom is 0.407 e. The van der Waals surface area contributed by atoms with Gasteiger partial charge in [-0.25, -0.2) is 4.79 Å². The minimum absolute atomic E-state index is 0.0637. The first-order valence-electron chi connectivity index (χ1n) is 15.2.